The third kappa shape index (κ3) is 3.63. The Hall–Kier alpha value is -1.28. The molecule has 0 aliphatic carbocycles. The number of rotatable bonds is 2. The smallest absolute Gasteiger partial charge is 0.384 e. The molecule has 0 saturated heterocycles. The molecule has 0 unspecified atom stereocenters. The van der Waals surface area contributed by atoms with Gasteiger partial charge in [-0.2, -0.15) is 13.2 Å². The third-order valence-electron chi connectivity index (χ3n) is 2.36. The maximum absolute atomic E-state index is 12.7. The summed E-state index contributed by atoms with van der Waals surface area (Å²) in [6.45, 7) is 0. The summed E-state index contributed by atoms with van der Waals surface area (Å²) in [4.78, 5) is 3.84. The van der Waals surface area contributed by atoms with Crippen LogP contribution in [0.25, 0.3) is 0 Å². The molecule has 2 rings (SSSR count). The second-order valence-electron chi connectivity index (χ2n) is 3.91. The molecule has 8 heteroatoms. The maximum Gasteiger partial charge on any atom is 0.416 e. The number of hydrogen-bond donors (Lipinski definition) is 2. The predicted molar refractivity (Wildman–Crippen MR) is 78.8 cm³/mol. The summed E-state index contributed by atoms with van der Waals surface area (Å²) in [5, 5.41) is 2.80. The molecule has 0 aliphatic rings. The van der Waals surface area contributed by atoms with E-state index < -0.39 is 11.7 Å². The molecule has 0 fully saturated rings. The van der Waals surface area contributed by atoms with E-state index >= 15 is 0 Å². The minimum Gasteiger partial charge on any atom is -0.384 e. The minimum absolute atomic E-state index is 0.0242. The molecule has 0 radical (unpaired) electrons. The van der Waals surface area contributed by atoms with Crippen molar-refractivity contribution in [1.82, 2.24) is 4.98 Å². The highest BCUT2D eigenvalue weighted by Crippen LogP contribution is 2.33. The summed E-state index contributed by atoms with van der Waals surface area (Å²) in [5.74, 6) is -0.176. The Morgan fingerprint density at radius 2 is 1.80 bits per heavy atom. The van der Waals surface area contributed by atoms with Crippen molar-refractivity contribution in [2.24, 2.45) is 0 Å². The van der Waals surface area contributed by atoms with Crippen molar-refractivity contribution in [3.8, 4) is 0 Å². The molecule has 1 aromatic carbocycles. The van der Waals surface area contributed by atoms with Crippen molar-refractivity contribution >= 4 is 49.2 Å². The first kappa shape index (κ1) is 15.1. The van der Waals surface area contributed by atoms with Gasteiger partial charge in [0, 0.05) is 8.95 Å². The van der Waals surface area contributed by atoms with Crippen LogP contribution in [0.5, 0.6) is 0 Å². The van der Waals surface area contributed by atoms with Crippen molar-refractivity contribution in [2.45, 2.75) is 6.18 Å². The SMILES string of the molecule is Nc1cc(C(F)(F)F)cc(Nc2cc(Br)ccc2Br)n1. The largest absolute Gasteiger partial charge is 0.416 e. The van der Waals surface area contributed by atoms with E-state index in [1.165, 1.54) is 0 Å². The number of nitrogen functional groups attached to an aromatic ring is 1. The van der Waals surface area contributed by atoms with E-state index in [4.69, 9.17) is 5.73 Å². The van der Waals surface area contributed by atoms with Gasteiger partial charge >= 0.3 is 6.18 Å². The number of pyridine rings is 1. The normalized spacial score (nSPS) is 11.4. The summed E-state index contributed by atoms with van der Waals surface area (Å²) < 4.78 is 39.6. The van der Waals surface area contributed by atoms with Crippen LogP contribution in [0.1, 0.15) is 5.56 Å². The van der Waals surface area contributed by atoms with Crippen molar-refractivity contribution in [1.29, 1.82) is 0 Å². The van der Waals surface area contributed by atoms with Gasteiger partial charge in [0.1, 0.15) is 11.6 Å². The van der Waals surface area contributed by atoms with Crippen LogP contribution < -0.4 is 11.1 Å². The first-order valence-corrected chi connectivity index (χ1v) is 6.91. The molecule has 0 spiro atoms. The number of alkyl halides is 3. The van der Waals surface area contributed by atoms with E-state index in [0.29, 0.717) is 10.2 Å². The predicted octanol–water partition coefficient (Wildman–Crippen LogP) is 4.95. The molecule has 0 atom stereocenters. The van der Waals surface area contributed by atoms with E-state index in [1.54, 1.807) is 18.2 Å². The number of nitrogens with one attached hydrogen (secondary N) is 1. The number of benzene rings is 1. The first-order chi connectivity index (χ1) is 9.25. The molecule has 1 heterocycles. The molecule has 0 amide bonds. The van der Waals surface area contributed by atoms with Gasteiger partial charge < -0.3 is 11.1 Å². The average Bonchev–Trinajstić information content (AvgIpc) is 2.32. The molecule has 0 aliphatic heterocycles. The second-order valence-corrected chi connectivity index (χ2v) is 5.68. The number of anilines is 3. The zero-order chi connectivity index (χ0) is 14.9. The molecule has 106 valence electrons. The third-order valence-corrected chi connectivity index (χ3v) is 3.55. The Balaban J connectivity index is 2.39. The van der Waals surface area contributed by atoms with E-state index in [2.05, 4.69) is 42.2 Å². The van der Waals surface area contributed by atoms with E-state index in [1.807, 2.05) is 0 Å². The molecule has 0 bridgehead atoms. The maximum atomic E-state index is 12.7. The Kier molecular flexibility index (Phi) is 4.24. The number of hydrogen-bond acceptors (Lipinski definition) is 3. The van der Waals surface area contributed by atoms with Crippen LogP contribution in [-0.4, -0.2) is 4.98 Å². The van der Waals surface area contributed by atoms with Gasteiger partial charge in [-0.15, -0.1) is 0 Å². The molecule has 1 aromatic heterocycles. The highest BCUT2D eigenvalue weighted by atomic mass is 79.9. The van der Waals surface area contributed by atoms with Gasteiger partial charge in [-0.1, -0.05) is 15.9 Å². The van der Waals surface area contributed by atoms with Crippen LogP contribution in [0.3, 0.4) is 0 Å². The minimum atomic E-state index is -4.47. The van der Waals surface area contributed by atoms with Crippen LogP contribution in [0.15, 0.2) is 39.3 Å². The average molecular weight is 411 g/mol. The van der Waals surface area contributed by atoms with Gasteiger partial charge in [-0.3, -0.25) is 0 Å². The van der Waals surface area contributed by atoms with Gasteiger partial charge in [0.05, 0.1) is 11.3 Å². The van der Waals surface area contributed by atoms with Crippen LogP contribution in [0, 0.1) is 0 Å². The fraction of sp³-hybridized carbons (Fsp3) is 0.0833. The molecule has 0 saturated carbocycles. The van der Waals surface area contributed by atoms with Gasteiger partial charge in [0.15, 0.2) is 0 Å². The lowest BCUT2D eigenvalue weighted by Gasteiger charge is -2.12. The van der Waals surface area contributed by atoms with Crippen LogP contribution in [0.4, 0.5) is 30.5 Å². The summed E-state index contributed by atoms with van der Waals surface area (Å²) in [7, 11) is 0. The summed E-state index contributed by atoms with van der Waals surface area (Å²) >= 11 is 6.58. The Labute approximate surface area is 129 Å². The van der Waals surface area contributed by atoms with Crippen molar-refractivity contribution in [3.05, 3.63) is 44.8 Å². The van der Waals surface area contributed by atoms with Gasteiger partial charge in [0.2, 0.25) is 0 Å². The number of nitrogens with two attached hydrogens (primary N) is 1. The first-order valence-electron chi connectivity index (χ1n) is 5.32. The zero-order valence-corrected chi connectivity index (χ0v) is 13.0. The van der Waals surface area contributed by atoms with Gasteiger partial charge in [-0.25, -0.2) is 4.98 Å². The highest BCUT2D eigenvalue weighted by Gasteiger charge is 2.31. The fourth-order valence-corrected chi connectivity index (χ4v) is 2.22. The van der Waals surface area contributed by atoms with Crippen molar-refractivity contribution in [2.75, 3.05) is 11.1 Å². The quantitative estimate of drug-likeness (QED) is 0.736. The Bertz CT molecular complexity index is 644. The lowest BCUT2D eigenvalue weighted by molar-refractivity contribution is -0.137. The monoisotopic (exact) mass is 409 g/mol. The Morgan fingerprint density at radius 3 is 2.45 bits per heavy atom. The lowest BCUT2D eigenvalue weighted by Crippen LogP contribution is -2.08. The molecular formula is C12H8Br2F3N3. The molecule has 20 heavy (non-hydrogen) atoms. The van der Waals surface area contributed by atoms with E-state index in [9.17, 15) is 13.2 Å². The fourth-order valence-electron chi connectivity index (χ4n) is 1.51. The number of aromatic nitrogens is 1. The van der Waals surface area contributed by atoms with Crippen LogP contribution >= 0.6 is 31.9 Å². The van der Waals surface area contributed by atoms with Crippen LogP contribution in [0.2, 0.25) is 0 Å². The molecule has 3 N–H and O–H groups in total. The number of halogens is 5. The van der Waals surface area contributed by atoms with Gasteiger partial charge in [-0.05, 0) is 46.3 Å². The van der Waals surface area contributed by atoms with Crippen molar-refractivity contribution in [3.63, 3.8) is 0 Å². The highest BCUT2D eigenvalue weighted by molar-refractivity contribution is 9.11. The summed E-state index contributed by atoms with van der Waals surface area (Å²) in [6.07, 6.45) is -4.47. The summed E-state index contributed by atoms with van der Waals surface area (Å²) in [5.41, 5.74) is 5.13. The standard InChI is InChI=1S/C12H8Br2F3N3/c13-7-1-2-8(14)9(5-7)19-11-4-6(12(15,16)17)3-10(18)20-11/h1-5H,(H3,18,19,20). The Morgan fingerprint density at radius 1 is 1.10 bits per heavy atom. The van der Waals surface area contributed by atoms with E-state index in [0.717, 1.165) is 16.6 Å². The van der Waals surface area contributed by atoms with Gasteiger partial charge in [0.25, 0.3) is 0 Å². The molecule has 2 aromatic rings. The topological polar surface area (TPSA) is 50.9 Å². The number of nitrogens with zero attached hydrogens (tertiary/aromatic N) is 1. The van der Waals surface area contributed by atoms with E-state index in [-0.39, 0.29) is 11.6 Å². The van der Waals surface area contributed by atoms with Crippen molar-refractivity contribution < 1.29 is 13.2 Å². The molecule has 3 nitrogen and oxygen atoms in total. The zero-order valence-electron chi connectivity index (χ0n) is 9.80. The lowest BCUT2D eigenvalue weighted by atomic mass is 10.2. The van der Waals surface area contributed by atoms with Crippen LogP contribution in [-0.2, 0) is 6.18 Å². The second kappa shape index (κ2) is 5.61. The molecular weight excluding hydrogens is 403 g/mol. The summed E-state index contributed by atoms with van der Waals surface area (Å²) in [6, 6.07) is 6.96.